The standard InChI is InChI=1S/C21H29N3O2S/c1-3-5-18-6-12-21(13-7-18)27(25,26)22-19-8-10-20(11-9-19)24-16-14-23(4-2)15-17-24/h6-13,22H,3-5,14-17H2,1-2H3/p+1. The van der Waals surface area contributed by atoms with Crippen molar-refractivity contribution in [3.8, 4) is 0 Å². The molecule has 0 unspecified atom stereocenters. The topological polar surface area (TPSA) is 53.9 Å². The third-order valence-corrected chi connectivity index (χ3v) is 6.62. The Balaban J connectivity index is 1.65. The third kappa shape index (κ3) is 5.02. The molecule has 0 amide bonds. The van der Waals surface area contributed by atoms with Crippen molar-refractivity contribution in [1.29, 1.82) is 0 Å². The smallest absolute Gasteiger partial charge is 0.261 e. The molecule has 2 N–H and O–H groups in total. The van der Waals surface area contributed by atoms with Gasteiger partial charge in [0, 0.05) is 11.4 Å². The number of quaternary nitrogens is 1. The molecule has 1 saturated heterocycles. The molecule has 1 aliphatic heterocycles. The minimum atomic E-state index is -3.56. The van der Waals surface area contributed by atoms with Gasteiger partial charge in [0.05, 0.1) is 37.6 Å². The Morgan fingerprint density at radius 3 is 2.15 bits per heavy atom. The molecule has 0 atom stereocenters. The summed E-state index contributed by atoms with van der Waals surface area (Å²) in [5, 5.41) is 0. The van der Waals surface area contributed by atoms with E-state index in [0.29, 0.717) is 10.6 Å². The van der Waals surface area contributed by atoms with Gasteiger partial charge < -0.3 is 9.80 Å². The second-order valence-corrected chi connectivity index (χ2v) is 8.82. The van der Waals surface area contributed by atoms with Gasteiger partial charge >= 0.3 is 0 Å². The summed E-state index contributed by atoms with van der Waals surface area (Å²) >= 11 is 0. The molecule has 27 heavy (non-hydrogen) atoms. The number of rotatable bonds is 7. The first kappa shape index (κ1) is 19.7. The molecule has 0 spiro atoms. The zero-order valence-electron chi connectivity index (χ0n) is 16.2. The van der Waals surface area contributed by atoms with E-state index in [9.17, 15) is 8.42 Å². The monoisotopic (exact) mass is 388 g/mol. The quantitative estimate of drug-likeness (QED) is 0.764. The second kappa shape index (κ2) is 8.76. The number of nitrogens with zero attached hydrogens (tertiary/aromatic N) is 1. The summed E-state index contributed by atoms with van der Waals surface area (Å²) in [5.74, 6) is 0. The van der Waals surface area contributed by atoms with Crippen LogP contribution in [0.2, 0.25) is 0 Å². The number of aryl methyl sites for hydroxylation is 1. The molecule has 1 heterocycles. The molecule has 0 aromatic heterocycles. The minimum Gasteiger partial charge on any atom is -0.360 e. The molecule has 2 aromatic rings. The molecule has 5 nitrogen and oxygen atoms in total. The van der Waals surface area contributed by atoms with Gasteiger partial charge in [-0.05, 0) is 55.3 Å². The molecule has 0 aliphatic carbocycles. The van der Waals surface area contributed by atoms with Crippen molar-refractivity contribution in [3.63, 3.8) is 0 Å². The van der Waals surface area contributed by atoms with E-state index in [4.69, 9.17) is 0 Å². The Labute approximate surface area is 163 Å². The number of benzene rings is 2. The lowest BCUT2D eigenvalue weighted by atomic mass is 10.1. The number of hydrogen-bond donors (Lipinski definition) is 2. The van der Waals surface area contributed by atoms with Crippen LogP contribution in [0.1, 0.15) is 25.8 Å². The van der Waals surface area contributed by atoms with Crippen molar-refractivity contribution in [2.45, 2.75) is 31.6 Å². The van der Waals surface area contributed by atoms with Crippen molar-refractivity contribution in [2.75, 3.05) is 42.3 Å². The summed E-state index contributed by atoms with van der Waals surface area (Å²) in [6.07, 6.45) is 2.01. The van der Waals surface area contributed by atoms with Gasteiger partial charge in [0.2, 0.25) is 0 Å². The Morgan fingerprint density at radius 1 is 0.963 bits per heavy atom. The summed E-state index contributed by atoms with van der Waals surface area (Å²) < 4.78 is 27.9. The van der Waals surface area contributed by atoms with Gasteiger partial charge in [0.1, 0.15) is 0 Å². The van der Waals surface area contributed by atoms with E-state index in [2.05, 4.69) is 23.5 Å². The zero-order valence-corrected chi connectivity index (χ0v) is 17.1. The van der Waals surface area contributed by atoms with Crippen molar-refractivity contribution in [2.24, 2.45) is 0 Å². The van der Waals surface area contributed by atoms with Crippen LogP contribution in [0.25, 0.3) is 0 Å². The van der Waals surface area contributed by atoms with Crippen LogP contribution in [0.3, 0.4) is 0 Å². The van der Waals surface area contributed by atoms with E-state index in [0.717, 1.165) is 50.3 Å². The first-order valence-corrected chi connectivity index (χ1v) is 11.3. The van der Waals surface area contributed by atoms with Crippen LogP contribution in [0.5, 0.6) is 0 Å². The fourth-order valence-electron chi connectivity index (χ4n) is 3.51. The summed E-state index contributed by atoms with van der Waals surface area (Å²) in [4.78, 5) is 4.30. The molecule has 0 saturated carbocycles. The average Bonchev–Trinajstić information content (AvgIpc) is 2.69. The number of likely N-dealkylation sites (N-methyl/N-ethyl adjacent to an activating group) is 1. The van der Waals surface area contributed by atoms with Gasteiger partial charge in [-0.2, -0.15) is 0 Å². The van der Waals surface area contributed by atoms with Crippen LogP contribution in [0.15, 0.2) is 53.4 Å². The Hall–Kier alpha value is -2.05. The molecule has 2 aromatic carbocycles. The van der Waals surface area contributed by atoms with Crippen LogP contribution < -0.4 is 14.5 Å². The highest BCUT2D eigenvalue weighted by molar-refractivity contribution is 7.92. The van der Waals surface area contributed by atoms with Gasteiger partial charge in [-0.3, -0.25) is 4.72 Å². The van der Waals surface area contributed by atoms with E-state index in [1.54, 1.807) is 17.0 Å². The van der Waals surface area contributed by atoms with E-state index < -0.39 is 10.0 Å². The summed E-state index contributed by atoms with van der Waals surface area (Å²) in [6.45, 7) is 9.90. The zero-order chi connectivity index (χ0) is 19.3. The molecule has 1 fully saturated rings. The largest absolute Gasteiger partial charge is 0.360 e. The molecule has 0 bridgehead atoms. The third-order valence-electron chi connectivity index (χ3n) is 5.23. The van der Waals surface area contributed by atoms with Gasteiger partial charge in [0.15, 0.2) is 0 Å². The second-order valence-electron chi connectivity index (χ2n) is 7.14. The van der Waals surface area contributed by atoms with Crippen LogP contribution >= 0.6 is 0 Å². The van der Waals surface area contributed by atoms with Gasteiger partial charge in [0.25, 0.3) is 10.0 Å². The van der Waals surface area contributed by atoms with Gasteiger partial charge in [-0.15, -0.1) is 0 Å². The number of nitrogens with one attached hydrogen (secondary N) is 2. The maximum atomic E-state index is 12.6. The minimum absolute atomic E-state index is 0.296. The Morgan fingerprint density at radius 2 is 1.59 bits per heavy atom. The van der Waals surface area contributed by atoms with Crippen molar-refractivity contribution in [1.82, 2.24) is 0 Å². The van der Waals surface area contributed by atoms with Crippen molar-refractivity contribution in [3.05, 3.63) is 54.1 Å². The van der Waals surface area contributed by atoms with Crippen molar-refractivity contribution >= 4 is 21.4 Å². The highest BCUT2D eigenvalue weighted by Gasteiger charge is 2.19. The number of sulfonamides is 1. The molecule has 6 heteroatoms. The molecule has 3 rings (SSSR count). The highest BCUT2D eigenvalue weighted by Crippen LogP contribution is 2.21. The van der Waals surface area contributed by atoms with Gasteiger partial charge in [-0.25, -0.2) is 8.42 Å². The van der Waals surface area contributed by atoms with Crippen molar-refractivity contribution < 1.29 is 13.3 Å². The number of anilines is 2. The Kier molecular flexibility index (Phi) is 6.39. The highest BCUT2D eigenvalue weighted by atomic mass is 32.2. The first-order chi connectivity index (χ1) is 13.0. The summed E-state index contributed by atoms with van der Waals surface area (Å²) in [6, 6.07) is 14.8. The normalized spacial score (nSPS) is 15.7. The Bertz CT molecular complexity index is 825. The van der Waals surface area contributed by atoms with Crippen LogP contribution in [0.4, 0.5) is 11.4 Å². The molecule has 0 radical (unpaired) electrons. The molecular weight excluding hydrogens is 358 g/mol. The molecular formula is C21H30N3O2S+. The van der Waals surface area contributed by atoms with Crippen LogP contribution in [0, 0.1) is 0 Å². The van der Waals surface area contributed by atoms with Gasteiger partial charge in [-0.1, -0.05) is 25.5 Å². The van der Waals surface area contributed by atoms with Crippen LogP contribution in [-0.2, 0) is 16.4 Å². The SMILES string of the molecule is CCCc1ccc(S(=O)(=O)Nc2ccc(N3CC[NH+](CC)CC3)cc2)cc1. The lowest BCUT2D eigenvalue weighted by Crippen LogP contribution is -3.14. The molecule has 1 aliphatic rings. The number of piperazine rings is 1. The lowest BCUT2D eigenvalue weighted by Gasteiger charge is -2.33. The predicted molar refractivity (Wildman–Crippen MR) is 111 cm³/mol. The maximum absolute atomic E-state index is 12.6. The first-order valence-electron chi connectivity index (χ1n) is 9.82. The average molecular weight is 389 g/mol. The van der Waals surface area contributed by atoms with E-state index >= 15 is 0 Å². The van der Waals surface area contributed by atoms with E-state index in [1.165, 1.54) is 6.54 Å². The summed E-state index contributed by atoms with van der Waals surface area (Å²) in [5.41, 5.74) is 2.90. The lowest BCUT2D eigenvalue weighted by molar-refractivity contribution is -0.898. The fourth-order valence-corrected chi connectivity index (χ4v) is 4.57. The summed E-state index contributed by atoms with van der Waals surface area (Å²) in [7, 11) is -3.56. The van der Waals surface area contributed by atoms with E-state index in [1.807, 2.05) is 36.4 Å². The van der Waals surface area contributed by atoms with Crippen LogP contribution in [-0.4, -0.2) is 41.1 Å². The molecule has 146 valence electrons. The van der Waals surface area contributed by atoms with E-state index in [-0.39, 0.29) is 0 Å². The maximum Gasteiger partial charge on any atom is 0.261 e. The predicted octanol–water partition coefficient (Wildman–Crippen LogP) is 2.16. The fraction of sp³-hybridized carbons (Fsp3) is 0.429. The number of hydrogen-bond acceptors (Lipinski definition) is 3.